The van der Waals surface area contributed by atoms with Crippen molar-refractivity contribution in [1.29, 1.82) is 5.41 Å². The Morgan fingerprint density at radius 1 is 0.688 bits per heavy atom. The number of aliphatic imine (C=N–C) groups is 2. The van der Waals surface area contributed by atoms with Gasteiger partial charge in [-0.3, -0.25) is 5.41 Å². The van der Waals surface area contributed by atoms with Crippen LogP contribution in [0.2, 0.25) is 0 Å². The summed E-state index contributed by atoms with van der Waals surface area (Å²) in [6.07, 6.45) is 3.47. The third-order valence-electron chi connectivity index (χ3n) is 8.71. The maximum Gasteiger partial charge on any atom is 0.228 e. The summed E-state index contributed by atoms with van der Waals surface area (Å²) in [6, 6.07) is 47.2. The quantitative estimate of drug-likeness (QED) is 0.154. The molecule has 0 amide bonds. The highest BCUT2D eigenvalue weighted by atomic mass is 32.1. The van der Waals surface area contributed by atoms with Crippen LogP contribution in [0.5, 0.6) is 0 Å². The summed E-state index contributed by atoms with van der Waals surface area (Å²) < 4.78 is 8.98. The Labute approximate surface area is 279 Å². The van der Waals surface area contributed by atoms with E-state index < -0.39 is 0 Å². The van der Waals surface area contributed by atoms with Crippen LogP contribution in [0.4, 0.5) is 0 Å². The molecule has 226 valence electrons. The highest BCUT2D eigenvalue weighted by Gasteiger charge is 2.20. The second-order valence-corrected chi connectivity index (χ2v) is 12.7. The highest BCUT2D eigenvalue weighted by molar-refractivity contribution is 7.26. The fraction of sp³-hybridized carbons (Fsp3) is 0. The normalized spacial score (nSPS) is 12.3. The summed E-state index contributed by atoms with van der Waals surface area (Å²) in [4.78, 5) is 14.3. The smallest absolute Gasteiger partial charge is 0.228 e. The summed E-state index contributed by atoms with van der Waals surface area (Å²) in [6.45, 7) is 0. The Morgan fingerprint density at radius 2 is 1.44 bits per heavy atom. The van der Waals surface area contributed by atoms with Crippen LogP contribution in [0.3, 0.4) is 0 Å². The van der Waals surface area contributed by atoms with E-state index in [2.05, 4.69) is 77.8 Å². The Kier molecular flexibility index (Phi) is 6.73. The van der Waals surface area contributed by atoms with Gasteiger partial charge in [-0.2, -0.15) is 0 Å². The molecule has 0 bridgehead atoms. The lowest BCUT2D eigenvalue weighted by atomic mass is 9.99. The number of fused-ring (bicyclic) bond motifs is 7. The molecule has 3 heterocycles. The summed E-state index contributed by atoms with van der Waals surface area (Å²) in [7, 11) is 0. The molecular formula is C42H26N4OS. The van der Waals surface area contributed by atoms with Gasteiger partial charge in [0.2, 0.25) is 5.71 Å². The van der Waals surface area contributed by atoms with Crippen molar-refractivity contribution in [2.75, 3.05) is 0 Å². The molecule has 3 aromatic heterocycles. The Balaban J connectivity index is 1.20. The fourth-order valence-electron chi connectivity index (χ4n) is 6.43. The molecular weight excluding hydrogens is 609 g/mol. The lowest BCUT2D eigenvalue weighted by Gasteiger charge is -2.07. The number of aromatic nitrogens is 1. The molecule has 0 saturated heterocycles. The first-order valence-electron chi connectivity index (χ1n) is 15.7. The van der Waals surface area contributed by atoms with Crippen LogP contribution >= 0.6 is 11.3 Å². The molecule has 0 fully saturated rings. The number of thiophene rings is 1. The largest absolute Gasteiger partial charge is 0.437 e. The SMILES string of the molecule is N=C(/N=C(\N=C\c1ccccc1)c1ccc2ccccc2c1)c1ccnc2oc3c(-c4cccc5c4sc4ccccc45)cccc3c12. The molecule has 0 aliphatic carbocycles. The third-order valence-corrected chi connectivity index (χ3v) is 9.93. The van der Waals surface area contributed by atoms with Crippen LogP contribution in [0.1, 0.15) is 16.7 Å². The first kappa shape index (κ1) is 28.0. The van der Waals surface area contributed by atoms with Gasteiger partial charge in [0.05, 0.1) is 5.39 Å². The minimum Gasteiger partial charge on any atom is -0.437 e. The van der Waals surface area contributed by atoms with E-state index in [-0.39, 0.29) is 5.84 Å². The van der Waals surface area contributed by atoms with E-state index >= 15 is 0 Å². The monoisotopic (exact) mass is 634 g/mol. The molecule has 0 spiro atoms. The van der Waals surface area contributed by atoms with Crippen LogP contribution in [0.25, 0.3) is 64.1 Å². The van der Waals surface area contributed by atoms with Gasteiger partial charge in [-0.25, -0.2) is 15.0 Å². The predicted octanol–water partition coefficient (Wildman–Crippen LogP) is 11.1. The highest BCUT2D eigenvalue weighted by Crippen LogP contribution is 2.43. The maximum absolute atomic E-state index is 9.31. The van der Waals surface area contributed by atoms with Crippen molar-refractivity contribution in [1.82, 2.24) is 4.98 Å². The number of pyridine rings is 1. The fourth-order valence-corrected chi connectivity index (χ4v) is 7.66. The van der Waals surface area contributed by atoms with Crippen LogP contribution < -0.4 is 0 Å². The Bertz CT molecular complexity index is 2760. The van der Waals surface area contributed by atoms with Gasteiger partial charge >= 0.3 is 0 Å². The predicted molar refractivity (Wildman–Crippen MR) is 201 cm³/mol. The zero-order chi connectivity index (χ0) is 32.0. The molecule has 48 heavy (non-hydrogen) atoms. The molecule has 5 nitrogen and oxygen atoms in total. The average molecular weight is 635 g/mol. The van der Waals surface area contributed by atoms with Gasteiger partial charge in [0.25, 0.3) is 0 Å². The average Bonchev–Trinajstić information content (AvgIpc) is 3.72. The van der Waals surface area contributed by atoms with E-state index in [1.807, 2.05) is 66.7 Å². The molecule has 0 aliphatic heterocycles. The van der Waals surface area contributed by atoms with Crippen LogP contribution in [0, 0.1) is 5.41 Å². The van der Waals surface area contributed by atoms with Crippen molar-refractivity contribution >= 4 is 82.2 Å². The van der Waals surface area contributed by atoms with E-state index in [0.717, 1.165) is 49.4 Å². The number of furan rings is 1. The summed E-state index contributed by atoms with van der Waals surface area (Å²) in [5.41, 5.74) is 5.72. The standard InChI is InChI=1S/C42H26N4OS/c43-40(46-41(45-25-26-10-2-1-3-11-26)29-21-20-27-12-4-5-13-28(27)24-29)35-22-23-44-42-37(35)34-18-8-15-31(38(34)47-42)33-17-9-16-32-30-14-6-7-19-36(30)48-39(32)33/h1-25,43H/b43-40?,45-25+,46-41-. The number of amidine groups is 2. The van der Waals surface area contributed by atoms with Gasteiger partial charge in [0.1, 0.15) is 5.58 Å². The molecule has 9 rings (SSSR count). The topological polar surface area (TPSA) is 74.6 Å². The lowest BCUT2D eigenvalue weighted by molar-refractivity contribution is 0.655. The van der Waals surface area contributed by atoms with Crippen molar-refractivity contribution in [3.05, 3.63) is 162 Å². The van der Waals surface area contributed by atoms with Gasteiger partial charge < -0.3 is 4.42 Å². The van der Waals surface area contributed by atoms with Crippen molar-refractivity contribution in [2.24, 2.45) is 9.98 Å². The van der Waals surface area contributed by atoms with E-state index in [0.29, 0.717) is 17.1 Å². The Morgan fingerprint density at radius 3 is 2.33 bits per heavy atom. The number of rotatable bonds is 4. The van der Waals surface area contributed by atoms with Gasteiger partial charge in [0, 0.05) is 60.2 Å². The number of nitrogens with zero attached hydrogens (tertiary/aromatic N) is 3. The molecule has 1 N–H and O–H groups in total. The van der Waals surface area contributed by atoms with E-state index in [1.54, 1.807) is 23.7 Å². The number of para-hydroxylation sites is 1. The van der Waals surface area contributed by atoms with Crippen molar-refractivity contribution in [3.8, 4) is 11.1 Å². The first-order valence-corrected chi connectivity index (χ1v) is 16.5. The number of hydrogen-bond donors (Lipinski definition) is 1. The zero-order valence-corrected chi connectivity index (χ0v) is 26.4. The zero-order valence-electron chi connectivity index (χ0n) is 25.6. The van der Waals surface area contributed by atoms with Gasteiger partial charge in [0.15, 0.2) is 11.7 Å². The molecule has 0 radical (unpaired) electrons. The Hall–Kier alpha value is -6.24. The molecule has 0 unspecified atom stereocenters. The van der Waals surface area contributed by atoms with E-state index in [4.69, 9.17) is 14.4 Å². The van der Waals surface area contributed by atoms with Crippen LogP contribution in [-0.2, 0) is 0 Å². The van der Waals surface area contributed by atoms with Gasteiger partial charge in [-0.15, -0.1) is 11.3 Å². The number of nitrogens with one attached hydrogen (secondary N) is 1. The van der Waals surface area contributed by atoms with Crippen molar-refractivity contribution in [2.45, 2.75) is 0 Å². The van der Waals surface area contributed by atoms with Gasteiger partial charge in [-0.05, 0) is 34.5 Å². The van der Waals surface area contributed by atoms with Crippen LogP contribution in [-0.4, -0.2) is 22.9 Å². The summed E-state index contributed by atoms with van der Waals surface area (Å²) >= 11 is 1.79. The second kappa shape index (κ2) is 11.5. The minimum atomic E-state index is 0.0791. The van der Waals surface area contributed by atoms with Gasteiger partial charge in [-0.1, -0.05) is 121 Å². The van der Waals surface area contributed by atoms with E-state index in [9.17, 15) is 5.41 Å². The molecule has 9 aromatic rings. The first-order chi connectivity index (χ1) is 23.7. The molecule has 0 atom stereocenters. The molecule has 0 saturated carbocycles. The maximum atomic E-state index is 9.31. The van der Waals surface area contributed by atoms with E-state index in [1.165, 1.54) is 20.2 Å². The summed E-state index contributed by atoms with van der Waals surface area (Å²) in [5, 5.41) is 15.7. The lowest BCUT2D eigenvalue weighted by Crippen LogP contribution is -2.05. The number of benzene rings is 6. The molecule has 0 aliphatic rings. The minimum absolute atomic E-state index is 0.0791. The molecule has 6 heteroatoms. The second-order valence-electron chi connectivity index (χ2n) is 11.6. The van der Waals surface area contributed by atoms with Crippen molar-refractivity contribution < 1.29 is 4.42 Å². The third kappa shape index (κ3) is 4.78. The summed E-state index contributed by atoms with van der Waals surface area (Å²) in [5.74, 6) is 0.528. The number of hydrogen-bond acceptors (Lipinski definition) is 4. The molecule has 6 aromatic carbocycles. The van der Waals surface area contributed by atoms with Crippen molar-refractivity contribution in [3.63, 3.8) is 0 Å². The van der Waals surface area contributed by atoms with Crippen LogP contribution in [0.15, 0.2) is 160 Å².